The molecule has 0 aliphatic heterocycles. The first-order valence-corrected chi connectivity index (χ1v) is 7.35. The second kappa shape index (κ2) is 6.24. The Morgan fingerprint density at radius 2 is 1.73 bits per heavy atom. The first-order chi connectivity index (χ1) is 10.7. The number of hydrogen-bond acceptors (Lipinski definition) is 2. The van der Waals surface area contributed by atoms with Crippen LogP contribution in [0.5, 0.6) is 0 Å². The highest BCUT2D eigenvalue weighted by Gasteiger charge is 2.34. The van der Waals surface area contributed by atoms with Gasteiger partial charge in [-0.15, -0.1) is 0 Å². The van der Waals surface area contributed by atoms with Crippen LogP contribution in [-0.2, 0) is 0 Å². The predicted octanol–water partition coefficient (Wildman–Crippen LogP) is 4.69. The molecule has 0 radical (unpaired) electrons. The number of benzene rings is 2. The van der Waals surface area contributed by atoms with E-state index in [1.807, 2.05) is 42.5 Å². The zero-order valence-electron chi connectivity index (χ0n) is 11.7. The standard InChI is InChI=1S/C17H14ClN3O/c18-13-8-6-12(7-9-13)16-14(11-4-2-1-3-5-11)10-15(17(16)22)20-21-19/h1-9,15,17,22H,10H2/t15-,17+/m1/s1. The normalized spacial score (nSPS) is 20.8. The lowest BCUT2D eigenvalue weighted by atomic mass is 9.96. The molecule has 22 heavy (non-hydrogen) atoms. The molecule has 5 heteroatoms. The molecule has 0 fully saturated rings. The van der Waals surface area contributed by atoms with E-state index in [-0.39, 0.29) is 0 Å². The molecule has 1 N–H and O–H groups in total. The molecule has 0 aromatic heterocycles. The number of rotatable bonds is 3. The SMILES string of the molecule is [N-]=[N+]=N[C@@H]1CC(c2ccccc2)=C(c2ccc(Cl)cc2)[C@H]1O. The summed E-state index contributed by atoms with van der Waals surface area (Å²) in [6, 6.07) is 16.7. The number of aliphatic hydroxyl groups excluding tert-OH is 1. The van der Waals surface area contributed by atoms with E-state index >= 15 is 0 Å². The highest BCUT2D eigenvalue weighted by molar-refractivity contribution is 6.30. The van der Waals surface area contributed by atoms with Gasteiger partial charge in [-0.05, 0) is 46.4 Å². The van der Waals surface area contributed by atoms with Gasteiger partial charge in [0.2, 0.25) is 0 Å². The van der Waals surface area contributed by atoms with Crippen molar-refractivity contribution in [2.45, 2.75) is 18.6 Å². The third kappa shape index (κ3) is 2.72. The molecule has 1 aliphatic rings. The fourth-order valence-corrected chi connectivity index (χ4v) is 2.99. The zero-order chi connectivity index (χ0) is 15.5. The lowest BCUT2D eigenvalue weighted by Crippen LogP contribution is -2.19. The van der Waals surface area contributed by atoms with Crippen LogP contribution >= 0.6 is 11.6 Å². The molecule has 2 atom stereocenters. The molecule has 0 amide bonds. The van der Waals surface area contributed by atoms with Crippen LogP contribution in [-0.4, -0.2) is 17.3 Å². The Morgan fingerprint density at radius 1 is 1.05 bits per heavy atom. The number of hydrogen-bond donors (Lipinski definition) is 1. The summed E-state index contributed by atoms with van der Waals surface area (Å²) < 4.78 is 0. The van der Waals surface area contributed by atoms with Crippen LogP contribution < -0.4 is 0 Å². The molecule has 4 nitrogen and oxygen atoms in total. The van der Waals surface area contributed by atoms with Gasteiger partial charge < -0.3 is 5.11 Å². The minimum Gasteiger partial charge on any atom is -0.388 e. The molecule has 2 aromatic carbocycles. The average Bonchev–Trinajstić information content (AvgIpc) is 2.87. The second-order valence-electron chi connectivity index (χ2n) is 5.19. The van der Waals surface area contributed by atoms with E-state index in [4.69, 9.17) is 17.1 Å². The average molecular weight is 312 g/mol. The van der Waals surface area contributed by atoms with Crippen molar-refractivity contribution in [3.63, 3.8) is 0 Å². The van der Waals surface area contributed by atoms with Crippen molar-refractivity contribution in [2.24, 2.45) is 5.11 Å². The first kappa shape index (κ1) is 14.7. The zero-order valence-corrected chi connectivity index (χ0v) is 12.5. The number of aliphatic hydroxyl groups is 1. The van der Waals surface area contributed by atoms with Gasteiger partial charge in [0, 0.05) is 9.93 Å². The van der Waals surface area contributed by atoms with Crippen LogP contribution in [0.3, 0.4) is 0 Å². The Hall–Kier alpha value is -2.26. The first-order valence-electron chi connectivity index (χ1n) is 6.97. The topological polar surface area (TPSA) is 69.0 Å². The van der Waals surface area contributed by atoms with E-state index in [1.54, 1.807) is 12.1 Å². The van der Waals surface area contributed by atoms with Gasteiger partial charge in [0.25, 0.3) is 0 Å². The lowest BCUT2D eigenvalue weighted by Gasteiger charge is -2.13. The quantitative estimate of drug-likeness (QED) is 0.498. The monoisotopic (exact) mass is 311 g/mol. The molecule has 110 valence electrons. The number of nitrogens with zero attached hydrogens (tertiary/aromatic N) is 3. The molecular formula is C17H14ClN3O. The number of halogens is 1. The van der Waals surface area contributed by atoms with Crippen LogP contribution in [0.1, 0.15) is 17.5 Å². The Bertz CT molecular complexity index is 749. The minimum absolute atomic E-state index is 0.481. The van der Waals surface area contributed by atoms with Gasteiger partial charge in [-0.1, -0.05) is 59.2 Å². The van der Waals surface area contributed by atoms with E-state index in [0.29, 0.717) is 11.4 Å². The fraction of sp³-hybridized carbons (Fsp3) is 0.176. The van der Waals surface area contributed by atoms with E-state index < -0.39 is 12.1 Å². The Morgan fingerprint density at radius 3 is 2.36 bits per heavy atom. The van der Waals surface area contributed by atoms with Crippen LogP contribution in [0, 0.1) is 0 Å². The maximum Gasteiger partial charge on any atom is 0.0886 e. The van der Waals surface area contributed by atoms with E-state index in [9.17, 15) is 5.11 Å². The highest BCUT2D eigenvalue weighted by Crippen LogP contribution is 2.41. The maximum absolute atomic E-state index is 10.6. The summed E-state index contributed by atoms with van der Waals surface area (Å²) in [5, 5.41) is 15.0. The third-order valence-corrected chi connectivity index (χ3v) is 4.13. The summed E-state index contributed by atoms with van der Waals surface area (Å²) in [6.07, 6.45) is -0.292. The van der Waals surface area contributed by atoms with Gasteiger partial charge in [-0.25, -0.2) is 0 Å². The van der Waals surface area contributed by atoms with Crippen LogP contribution in [0.4, 0.5) is 0 Å². The molecule has 0 unspecified atom stereocenters. The molecule has 2 aromatic rings. The summed E-state index contributed by atoms with van der Waals surface area (Å²) in [6.45, 7) is 0. The van der Waals surface area contributed by atoms with Gasteiger partial charge in [0.1, 0.15) is 0 Å². The maximum atomic E-state index is 10.6. The van der Waals surface area contributed by atoms with Crippen molar-refractivity contribution in [1.29, 1.82) is 0 Å². The summed E-state index contributed by atoms with van der Waals surface area (Å²) in [4.78, 5) is 2.86. The summed E-state index contributed by atoms with van der Waals surface area (Å²) in [5.74, 6) is 0. The molecule has 0 saturated heterocycles. The summed E-state index contributed by atoms with van der Waals surface area (Å²) in [7, 11) is 0. The van der Waals surface area contributed by atoms with Crippen molar-refractivity contribution in [3.8, 4) is 0 Å². The van der Waals surface area contributed by atoms with Gasteiger partial charge in [0.15, 0.2) is 0 Å². The van der Waals surface area contributed by atoms with Crippen molar-refractivity contribution < 1.29 is 5.11 Å². The molecule has 0 spiro atoms. The van der Waals surface area contributed by atoms with Crippen LogP contribution in [0.15, 0.2) is 59.7 Å². The summed E-state index contributed by atoms with van der Waals surface area (Å²) >= 11 is 5.94. The molecule has 0 heterocycles. The molecule has 3 rings (SSSR count). The van der Waals surface area contributed by atoms with Crippen LogP contribution in [0.25, 0.3) is 21.6 Å². The van der Waals surface area contributed by atoms with Crippen LogP contribution in [0.2, 0.25) is 5.02 Å². The smallest absolute Gasteiger partial charge is 0.0886 e. The van der Waals surface area contributed by atoms with E-state index in [2.05, 4.69) is 10.0 Å². The van der Waals surface area contributed by atoms with Gasteiger partial charge in [0.05, 0.1) is 12.1 Å². The van der Waals surface area contributed by atoms with Gasteiger partial charge >= 0.3 is 0 Å². The summed E-state index contributed by atoms with van der Waals surface area (Å²) in [5.41, 5.74) is 12.4. The third-order valence-electron chi connectivity index (χ3n) is 3.88. The Kier molecular flexibility index (Phi) is 4.16. The van der Waals surface area contributed by atoms with Gasteiger partial charge in [-0.2, -0.15) is 0 Å². The second-order valence-corrected chi connectivity index (χ2v) is 5.62. The predicted molar refractivity (Wildman–Crippen MR) is 88.3 cm³/mol. The fourth-order valence-electron chi connectivity index (χ4n) is 2.86. The molecule has 0 saturated carbocycles. The molecular weight excluding hydrogens is 298 g/mol. The van der Waals surface area contributed by atoms with Crippen molar-refractivity contribution in [3.05, 3.63) is 81.2 Å². The minimum atomic E-state index is -0.813. The van der Waals surface area contributed by atoms with Crippen molar-refractivity contribution >= 4 is 22.7 Å². The lowest BCUT2D eigenvalue weighted by molar-refractivity contribution is 0.210. The highest BCUT2D eigenvalue weighted by atomic mass is 35.5. The van der Waals surface area contributed by atoms with Crippen molar-refractivity contribution in [1.82, 2.24) is 0 Å². The largest absolute Gasteiger partial charge is 0.388 e. The van der Waals surface area contributed by atoms with Gasteiger partial charge in [-0.3, -0.25) is 0 Å². The molecule has 1 aliphatic carbocycles. The Labute approximate surface area is 133 Å². The van der Waals surface area contributed by atoms with Crippen molar-refractivity contribution in [2.75, 3.05) is 0 Å². The number of azide groups is 1. The Balaban J connectivity index is 2.13. The molecule has 0 bridgehead atoms. The van der Waals surface area contributed by atoms with E-state index in [0.717, 1.165) is 22.3 Å². The van der Waals surface area contributed by atoms with E-state index in [1.165, 1.54) is 0 Å².